The molecule has 2 aliphatic rings. The molecule has 0 spiro atoms. The van der Waals surface area contributed by atoms with E-state index in [1.54, 1.807) is 4.90 Å². The third-order valence-corrected chi connectivity index (χ3v) is 4.58. The quantitative estimate of drug-likeness (QED) is 0.788. The van der Waals surface area contributed by atoms with Gasteiger partial charge < -0.3 is 15.7 Å². The van der Waals surface area contributed by atoms with Gasteiger partial charge in [-0.1, -0.05) is 27.2 Å². The molecular formula is C14H24N2O3. The number of rotatable bonds is 2. The van der Waals surface area contributed by atoms with Gasteiger partial charge in [0.1, 0.15) is 6.04 Å². The number of carboxylic acids is 1. The van der Waals surface area contributed by atoms with Crippen LogP contribution in [0.2, 0.25) is 0 Å². The van der Waals surface area contributed by atoms with E-state index in [4.69, 9.17) is 5.73 Å². The van der Waals surface area contributed by atoms with Crippen molar-refractivity contribution in [2.24, 2.45) is 17.1 Å². The number of carbonyl (C=O) groups excluding carboxylic acids is 1. The van der Waals surface area contributed by atoms with Gasteiger partial charge in [0.2, 0.25) is 5.91 Å². The van der Waals surface area contributed by atoms with Crippen LogP contribution in [0.25, 0.3) is 0 Å². The predicted octanol–water partition coefficient (Wildman–Crippen LogP) is 1.21. The fourth-order valence-electron chi connectivity index (χ4n) is 3.36. The second kappa shape index (κ2) is 4.78. The van der Waals surface area contributed by atoms with E-state index in [1.807, 2.05) is 20.8 Å². The Kier molecular flexibility index (Phi) is 3.60. The summed E-state index contributed by atoms with van der Waals surface area (Å²) in [6.45, 7) is 5.73. The van der Waals surface area contributed by atoms with Crippen LogP contribution in [0.3, 0.4) is 0 Å². The van der Waals surface area contributed by atoms with Gasteiger partial charge in [-0.15, -0.1) is 0 Å². The highest BCUT2D eigenvalue weighted by Crippen LogP contribution is 2.42. The van der Waals surface area contributed by atoms with E-state index in [1.165, 1.54) is 0 Å². The zero-order valence-electron chi connectivity index (χ0n) is 11.9. The Morgan fingerprint density at radius 2 is 1.95 bits per heavy atom. The Labute approximate surface area is 114 Å². The molecule has 1 amide bonds. The van der Waals surface area contributed by atoms with Gasteiger partial charge in [0.05, 0.1) is 6.04 Å². The Bertz CT molecular complexity index is 389. The van der Waals surface area contributed by atoms with Gasteiger partial charge >= 0.3 is 5.97 Å². The third-order valence-electron chi connectivity index (χ3n) is 4.58. The van der Waals surface area contributed by atoms with Crippen molar-refractivity contribution in [1.29, 1.82) is 0 Å². The van der Waals surface area contributed by atoms with Crippen LogP contribution in [0, 0.1) is 11.3 Å². The first kappa shape index (κ1) is 14.3. The maximum Gasteiger partial charge on any atom is 0.326 e. The lowest BCUT2D eigenvalue weighted by molar-refractivity contribution is -0.151. The van der Waals surface area contributed by atoms with Crippen molar-refractivity contribution >= 4 is 11.9 Å². The molecule has 1 aliphatic heterocycles. The van der Waals surface area contributed by atoms with Crippen LogP contribution in [-0.4, -0.2) is 40.0 Å². The fourth-order valence-corrected chi connectivity index (χ4v) is 3.36. The minimum absolute atomic E-state index is 0.0852. The number of carboxylic acid groups (broad SMARTS) is 1. The molecule has 2 rings (SSSR count). The van der Waals surface area contributed by atoms with Crippen molar-refractivity contribution in [3.8, 4) is 0 Å². The summed E-state index contributed by atoms with van der Waals surface area (Å²) in [5, 5.41) is 9.34. The lowest BCUT2D eigenvalue weighted by Crippen LogP contribution is -2.55. The standard InChI is InChI=1S/C14H24N2O3/c1-14(2,3)11(15)12(17)16-9-6-4-5-8(9)7-10(16)13(18)19/h8-11H,4-7,15H2,1-3H3,(H,18,19)/t8?,9?,10?,11-/m1/s1. The zero-order valence-corrected chi connectivity index (χ0v) is 11.9. The average molecular weight is 268 g/mol. The smallest absolute Gasteiger partial charge is 0.326 e. The highest BCUT2D eigenvalue weighted by atomic mass is 16.4. The molecule has 1 saturated heterocycles. The molecule has 0 aromatic carbocycles. The van der Waals surface area contributed by atoms with E-state index >= 15 is 0 Å². The molecule has 2 fully saturated rings. The summed E-state index contributed by atoms with van der Waals surface area (Å²) in [7, 11) is 0. The number of hydrogen-bond donors (Lipinski definition) is 2. The summed E-state index contributed by atoms with van der Waals surface area (Å²) in [5.41, 5.74) is 5.68. The largest absolute Gasteiger partial charge is 0.480 e. The number of carbonyl (C=O) groups is 2. The highest BCUT2D eigenvalue weighted by Gasteiger charge is 2.50. The Morgan fingerprint density at radius 3 is 2.47 bits per heavy atom. The molecule has 3 N–H and O–H groups in total. The molecule has 0 radical (unpaired) electrons. The Balaban J connectivity index is 2.24. The predicted molar refractivity (Wildman–Crippen MR) is 71.4 cm³/mol. The number of likely N-dealkylation sites (tertiary alicyclic amines) is 1. The maximum absolute atomic E-state index is 12.6. The van der Waals surface area contributed by atoms with Gasteiger partial charge in [-0.2, -0.15) is 0 Å². The highest BCUT2D eigenvalue weighted by molar-refractivity contribution is 5.88. The molecule has 0 aromatic heterocycles. The fraction of sp³-hybridized carbons (Fsp3) is 0.857. The van der Waals surface area contributed by atoms with Crippen molar-refractivity contribution < 1.29 is 14.7 Å². The molecule has 3 unspecified atom stereocenters. The van der Waals surface area contributed by atoms with Gasteiger partial charge in [-0.05, 0) is 30.6 Å². The molecular weight excluding hydrogens is 244 g/mol. The van der Waals surface area contributed by atoms with E-state index in [-0.39, 0.29) is 17.4 Å². The zero-order chi connectivity index (χ0) is 14.4. The maximum atomic E-state index is 12.6. The Hall–Kier alpha value is -1.10. The van der Waals surface area contributed by atoms with Crippen LogP contribution in [-0.2, 0) is 9.59 Å². The van der Waals surface area contributed by atoms with Crippen LogP contribution in [0.4, 0.5) is 0 Å². The van der Waals surface area contributed by atoms with Gasteiger partial charge in [0.25, 0.3) is 0 Å². The van der Waals surface area contributed by atoms with Gasteiger partial charge in [-0.3, -0.25) is 4.79 Å². The minimum atomic E-state index is -0.899. The molecule has 19 heavy (non-hydrogen) atoms. The van der Waals surface area contributed by atoms with Crippen molar-refractivity contribution in [3.63, 3.8) is 0 Å². The molecule has 108 valence electrons. The van der Waals surface area contributed by atoms with Crippen LogP contribution in [0.5, 0.6) is 0 Å². The third kappa shape index (κ3) is 2.48. The molecule has 5 heteroatoms. The number of nitrogens with two attached hydrogens (primary N) is 1. The van der Waals surface area contributed by atoms with Gasteiger partial charge in [0.15, 0.2) is 0 Å². The van der Waals surface area contributed by atoms with E-state index in [2.05, 4.69) is 0 Å². The van der Waals surface area contributed by atoms with E-state index in [0.29, 0.717) is 12.3 Å². The lowest BCUT2D eigenvalue weighted by Gasteiger charge is -2.34. The number of amides is 1. The second-order valence-electron chi connectivity index (χ2n) is 6.94. The van der Waals surface area contributed by atoms with E-state index < -0.39 is 18.1 Å². The molecule has 0 aromatic rings. The van der Waals surface area contributed by atoms with Crippen molar-refractivity contribution in [1.82, 2.24) is 4.90 Å². The summed E-state index contributed by atoms with van der Waals surface area (Å²) in [5.74, 6) is -0.754. The van der Waals surface area contributed by atoms with Crippen molar-refractivity contribution in [2.45, 2.75) is 64.6 Å². The molecule has 4 atom stereocenters. The summed E-state index contributed by atoms with van der Waals surface area (Å²) >= 11 is 0. The lowest BCUT2D eigenvalue weighted by atomic mass is 9.86. The summed E-state index contributed by atoms with van der Waals surface area (Å²) in [6.07, 6.45) is 3.61. The number of aliphatic carboxylic acids is 1. The molecule has 1 heterocycles. The van der Waals surface area contributed by atoms with Gasteiger partial charge in [0, 0.05) is 6.04 Å². The van der Waals surface area contributed by atoms with E-state index in [9.17, 15) is 14.7 Å². The molecule has 1 saturated carbocycles. The monoisotopic (exact) mass is 268 g/mol. The normalized spacial score (nSPS) is 32.2. The first-order valence-electron chi connectivity index (χ1n) is 7.04. The first-order valence-corrected chi connectivity index (χ1v) is 7.04. The number of fused-ring (bicyclic) bond motifs is 1. The summed E-state index contributed by atoms with van der Waals surface area (Å²) in [6, 6.07) is -1.24. The summed E-state index contributed by atoms with van der Waals surface area (Å²) in [4.78, 5) is 25.6. The SMILES string of the molecule is CC(C)(C)[C@H](N)C(=O)N1C(C(=O)O)CC2CCCC21. The minimum Gasteiger partial charge on any atom is -0.480 e. The van der Waals surface area contributed by atoms with E-state index in [0.717, 1.165) is 19.3 Å². The summed E-state index contributed by atoms with van der Waals surface area (Å²) < 4.78 is 0. The Morgan fingerprint density at radius 1 is 1.32 bits per heavy atom. The van der Waals surface area contributed by atoms with Gasteiger partial charge in [-0.25, -0.2) is 4.79 Å². The topological polar surface area (TPSA) is 83.6 Å². The van der Waals surface area contributed by atoms with Crippen molar-refractivity contribution in [2.75, 3.05) is 0 Å². The average Bonchev–Trinajstić information content (AvgIpc) is 2.84. The van der Waals surface area contributed by atoms with Crippen LogP contribution < -0.4 is 5.73 Å². The molecule has 5 nitrogen and oxygen atoms in total. The number of hydrogen-bond acceptors (Lipinski definition) is 3. The number of nitrogens with zero attached hydrogens (tertiary/aromatic N) is 1. The molecule has 1 aliphatic carbocycles. The van der Waals surface area contributed by atoms with Crippen LogP contribution in [0.1, 0.15) is 46.5 Å². The van der Waals surface area contributed by atoms with Crippen LogP contribution >= 0.6 is 0 Å². The van der Waals surface area contributed by atoms with Crippen LogP contribution in [0.15, 0.2) is 0 Å². The molecule has 0 bridgehead atoms. The first-order chi connectivity index (χ1) is 8.73. The second-order valence-corrected chi connectivity index (χ2v) is 6.94. The van der Waals surface area contributed by atoms with Crippen molar-refractivity contribution in [3.05, 3.63) is 0 Å².